The molecule has 1 aliphatic rings. The highest BCUT2D eigenvalue weighted by atomic mass is 19.1. The lowest BCUT2D eigenvalue weighted by Crippen LogP contribution is -2.41. The topological polar surface area (TPSA) is 32.3 Å². The van der Waals surface area contributed by atoms with E-state index in [1.165, 1.54) is 4.90 Å². The van der Waals surface area contributed by atoms with E-state index in [-0.39, 0.29) is 23.9 Å². The van der Waals surface area contributed by atoms with Gasteiger partial charge in [0.2, 0.25) is 5.91 Å². The first-order chi connectivity index (χ1) is 9.08. The smallest absolute Gasteiger partial charge is 0.227 e. The number of rotatable bonds is 3. The van der Waals surface area contributed by atoms with Crippen LogP contribution in [0.25, 0.3) is 0 Å². The van der Waals surface area contributed by atoms with E-state index in [1.54, 1.807) is 7.05 Å². The van der Waals surface area contributed by atoms with E-state index >= 15 is 0 Å². The number of nitrogens with one attached hydrogen (secondary N) is 1. The molecule has 104 valence electrons. The third-order valence-electron chi connectivity index (χ3n) is 3.44. The number of piperidine rings is 1. The van der Waals surface area contributed by atoms with Crippen molar-refractivity contribution in [2.24, 2.45) is 5.92 Å². The van der Waals surface area contributed by atoms with Crippen LogP contribution in [0.1, 0.15) is 18.4 Å². The van der Waals surface area contributed by atoms with Crippen molar-refractivity contribution in [2.45, 2.75) is 19.4 Å². The van der Waals surface area contributed by atoms with Crippen molar-refractivity contribution >= 4 is 5.91 Å². The van der Waals surface area contributed by atoms with Gasteiger partial charge in [-0.05, 0) is 37.6 Å². The summed E-state index contributed by atoms with van der Waals surface area (Å²) in [5, 5.41) is 3.17. The highest BCUT2D eigenvalue weighted by Gasteiger charge is 2.24. The van der Waals surface area contributed by atoms with Crippen molar-refractivity contribution in [1.29, 1.82) is 0 Å². The molecule has 0 aromatic heterocycles. The molecular formula is C14H18F2N2O. The SMILES string of the molecule is CN(Cc1cc(F)ccc1F)C(=O)C1CCCNC1. The molecule has 1 fully saturated rings. The second-order valence-corrected chi connectivity index (χ2v) is 4.97. The Balaban J connectivity index is 2.01. The third kappa shape index (κ3) is 3.50. The Kier molecular flexibility index (Phi) is 4.47. The van der Waals surface area contributed by atoms with Gasteiger partial charge in [-0.2, -0.15) is 0 Å². The quantitative estimate of drug-likeness (QED) is 0.908. The number of carbonyl (C=O) groups is 1. The summed E-state index contributed by atoms with van der Waals surface area (Å²) >= 11 is 0. The molecule has 0 saturated carbocycles. The van der Waals surface area contributed by atoms with Crippen LogP contribution in [0.15, 0.2) is 18.2 Å². The summed E-state index contributed by atoms with van der Waals surface area (Å²) in [6, 6.07) is 3.30. The number of halogens is 2. The Morgan fingerprint density at radius 1 is 1.47 bits per heavy atom. The zero-order chi connectivity index (χ0) is 13.8. The van der Waals surface area contributed by atoms with Gasteiger partial charge in [0.25, 0.3) is 0 Å². The highest BCUT2D eigenvalue weighted by molar-refractivity contribution is 5.78. The fourth-order valence-electron chi connectivity index (χ4n) is 2.37. The third-order valence-corrected chi connectivity index (χ3v) is 3.44. The van der Waals surface area contributed by atoms with E-state index in [2.05, 4.69) is 5.32 Å². The Hall–Kier alpha value is -1.49. The Morgan fingerprint density at radius 2 is 2.26 bits per heavy atom. The van der Waals surface area contributed by atoms with Crippen molar-refractivity contribution in [3.63, 3.8) is 0 Å². The average molecular weight is 268 g/mol. The molecule has 1 unspecified atom stereocenters. The van der Waals surface area contributed by atoms with Gasteiger partial charge in [0.1, 0.15) is 11.6 Å². The number of hydrogen-bond donors (Lipinski definition) is 1. The lowest BCUT2D eigenvalue weighted by Gasteiger charge is -2.27. The molecule has 1 aromatic carbocycles. The van der Waals surface area contributed by atoms with Crippen LogP contribution in [0.2, 0.25) is 0 Å². The summed E-state index contributed by atoms with van der Waals surface area (Å²) in [5.74, 6) is -1.05. The van der Waals surface area contributed by atoms with Crippen molar-refractivity contribution < 1.29 is 13.6 Å². The summed E-state index contributed by atoms with van der Waals surface area (Å²) in [7, 11) is 1.63. The predicted molar refractivity (Wildman–Crippen MR) is 68.4 cm³/mol. The predicted octanol–water partition coefficient (Wildman–Crippen LogP) is 1.92. The second kappa shape index (κ2) is 6.10. The summed E-state index contributed by atoms with van der Waals surface area (Å²) in [6.07, 6.45) is 1.82. The van der Waals surface area contributed by atoms with Crippen molar-refractivity contribution in [3.05, 3.63) is 35.4 Å². The molecule has 0 spiro atoms. The Labute approximate surface area is 111 Å². The molecule has 1 aromatic rings. The molecule has 1 heterocycles. The zero-order valence-electron chi connectivity index (χ0n) is 11.0. The van der Waals surface area contributed by atoms with Gasteiger partial charge in [0.15, 0.2) is 0 Å². The molecule has 3 nitrogen and oxygen atoms in total. The molecule has 2 rings (SSSR count). The first-order valence-electron chi connectivity index (χ1n) is 6.47. The molecule has 19 heavy (non-hydrogen) atoms. The molecule has 1 N–H and O–H groups in total. The van der Waals surface area contributed by atoms with Crippen LogP contribution in [0.5, 0.6) is 0 Å². The highest BCUT2D eigenvalue weighted by Crippen LogP contribution is 2.16. The summed E-state index contributed by atoms with van der Waals surface area (Å²) in [4.78, 5) is 13.6. The van der Waals surface area contributed by atoms with Crippen LogP contribution >= 0.6 is 0 Å². The zero-order valence-corrected chi connectivity index (χ0v) is 11.0. The molecule has 0 aliphatic carbocycles. The van der Waals surface area contributed by atoms with Crippen LogP contribution in [0.4, 0.5) is 8.78 Å². The van der Waals surface area contributed by atoms with E-state index < -0.39 is 11.6 Å². The maximum Gasteiger partial charge on any atom is 0.227 e. The minimum absolute atomic E-state index is 0.0177. The van der Waals surface area contributed by atoms with Crippen LogP contribution in [-0.2, 0) is 11.3 Å². The van der Waals surface area contributed by atoms with E-state index in [9.17, 15) is 13.6 Å². The van der Waals surface area contributed by atoms with Crippen LogP contribution in [0, 0.1) is 17.6 Å². The maximum absolute atomic E-state index is 13.5. The van der Waals surface area contributed by atoms with Gasteiger partial charge in [-0.3, -0.25) is 4.79 Å². The molecule has 0 radical (unpaired) electrons. The minimum atomic E-state index is -0.489. The minimum Gasteiger partial charge on any atom is -0.341 e. The second-order valence-electron chi connectivity index (χ2n) is 4.97. The standard InChI is InChI=1S/C14H18F2N2O/c1-18(14(19)10-3-2-6-17-8-10)9-11-7-12(15)4-5-13(11)16/h4-5,7,10,17H,2-3,6,8-9H2,1H3. The molecule has 1 atom stereocenters. The van der Waals surface area contributed by atoms with E-state index in [0.29, 0.717) is 6.54 Å². The fraction of sp³-hybridized carbons (Fsp3) is 0.500. The van der Waals surface area contributed by atoms with Gasteiger partial charge < -0.3 is 10.2 Å². The van der Waals surface area contributed by atoms with Gasteiger partial charge in [-0.15, -0.1) is 0 Å². The van der Waals surface area contributed by atoms with E-state index in [1.807, 2.05) is 0 Å². The number of hydrogen-bond acceptors (Lipinski definition) is 2. The van der Waals surface area contributed by atoms with Crippen molar-refractivity contribution in [2.75, 3.05) is 20.1 Å². The lowest BCUT2D eigenvalue weighted by molar-refractivity contribution is -0.135. The van der Waals surface area contributed by atoms with Gasteiger partial charge in [0, 0.05) is 25.7 Å². The number of amides is 1. The van der Waals surface area contributed by atoms with Crippen LogP contribution in [-0.4, -0.2) is 30.9 Å². The molecular weight excluding hydrogens is 250 g/mol. The lowest BCUT2D eigenvalue weighted by atomic mass is 9.98. The Bertz CT molecular complexity index is 459. The number of benzene rings is 1. The average Bonchev–Trinajstić information content (AvgIpc) is 2.43. The molecule has 1 saturated heterocycles. The first-order valence-corrected chi connectivity index (χ1v) is 6.47. The maximum atomic E-state index is 13.5. The Morgan fingerprint density at radius 3 is 2.95 bits per heavy atom. The largest absolute Gasteiger partial charge is 0.341 e. The van der Waals surface area contributed by atoms with E-state index in [0.717, 1.165) is 37.6 Å². The summed E-state index contributed by atoms with van der Waals surface area (Å²) in [5.41, 5.74) is 0.208. The molecule has 0 bridgehead atoms. The van der Waals surface area contributed by atoms with E-state index in [4.69, 9.17) is 0 Å². The van der Waals surface area contributed by atoms with Gasteiger partial charge in [0.05, 0.1) is 5.92 Å². The van der Waals surface area contributed by atoms with Gasteiger partial charge in [-0.1, -0.05) is 0 Å². The summed E-state index contributed by atoms with van der Waals surface area (Å²) < 4.78 is 26.6. The molecule has 1 amide bonds. The molecule has 1 aliphatic heterocycles. The fourth-order valence-corrected chi connectivity index (χ4v) is 2.37. The monoisotopic (exact) mass is 268 g/mol. The van der Waals surface area contributed by atoms with Crippen LogP contribution < -0.4 is 5.32 Å². The van der Waals surface area contributed by atoms with Gasteiger partial charge >= 0.3 is 0 Å². The van der Waals surface area contributed by atoms with Crippen LogP contribution in [0.3, 0.4) is 0 Å². The van der Waals surface area contributed by atoms with Gasteiger partial charge in [-0.25, -0.2) is 8.78 Å². The first kappa shape index (κ1) is 13.9. The number of carbonyl (C=O) groups excluding carboxylic acids is 1. The van der Waals surface area contributed by atoms with Crippen molar-refractivity contribution in [1.82, 2.24) is 10.2 Å². The molecule has 5 heteroatoms. The normalized spacial score (nSPS) is 19.2. The number of nitrogens with zero attached hydrogens (tertiary/aromatic N) is 1. The summed E-state index contributed by atoms with van der Waals surface area (Å²) in [6.45, 7) is 1.69. The van der Waals surface area contributed by atoms with Crippen molar-refractivity contribution in [3.8, 4) is 0 Å².